The monoisotopic (exact) mass is 294 g/mol. The Morgan fingerprint density at radius 2 is 1.90 bits per heavy atom. The van der Waals surface area contributed by atoms with Crippen LogP contribution >= 0.6 is 11.6 Å². The Balaban J connectivity index is 1.97. The SMILES string of the molecule is CC(NC(=O)C1CCCCCC1N)c1ccc(Cl)cc1. The summed E-state index contributed by atoms with van der Waals surface area (Å²) in [6.07, 6.45) is 5.27. The molecule has 4 heteroatoms. The smallest absolute Gasteiger partial charge is 0.225 e. The van der Waals surface area contributed by atoms with Crippen LogP contribution in [0.3, 0.4) is 0 Å². The van der Waals surface area contributed by atoms with Crippen molar-refractivity contribution in [1.29, 1.82) is 0 Å². The van der Waals surface area contributed by atoms with Crippen molar-refractivity contribution in [3.8, 4) is 0 Å². The number of hydrogen-bond donors (Lipinski definition) is 2. The van der Waals surface area contributed by atoms with Crippen LogP contribution in [0, 0.1) is 5.92 Å². The zero-order valence-electron chi connectivity index (χ0n) is 11.9. The summed E-state index contributed by atoms with van der Waals surface area (Å²) in [6.45, 7) is 1.99. The minimum absolute atomic E-state index is 0.00471. The third-order valence-electron chi connectivity index (χ3n) is 4.13. The molecule has 3 atom stereocenters. The van der Waals surface area contributed by atoms with Crippen LogP contribution in [0.5, 0.6) is 0 Å². The van der Waals surface area contributed by atoms with Gasteiger partial charge < -0.3 is 11.1 Å². The summed E-state index contributed by atoms with van der Waals surface area (Å²) in [5, 5.41) is 3.79. The number of halogens is 1. The lowest BCUT2D eigenvalue weighted by Gasteiger charge is -2.23. The molecule has 3 unspecified atom stereocenters. The van der Waals surface area contributed by atoms with E-state index in [4.69, 9.17) is 17.3 Å². The van der Waals surface area contributed by atoms with Crippen LogP contribution in [0.2, 0.25) is 5.02 Å². The fourth-order valence-corrected chi connectivity index (χ4v) is 2.94. The molecule has 20 heavy (non-hydrogen) atoms. The molecule has 0 aliphatic heterocycles. The van der Waals surface area contributed by atoms with Gasteiger partial charge in [-0.3, -0.25) is 4.79 Å². The van der Waals surface area contributed by atoms with Crippen LogP contribution in [-0.2, 0) is 4.79 Å². The molecule has 0 radical (unpaired) electrons. The highest BCUT2D eigenvalue weighted by Gasteiger charge is 2.27. The lowest BCUT2D eigenvalue weighted by molar-refractivity contribution is -0.126. The van der Waals surface area contributed by atoms with E-state index in [2.05, 4.69) is 5.32 Å². The molecular weight excluding hydrogens is 272 g/mol. The molecule has 0 bridgehead atoms. The second kappa shape index (κ2) is 7.09. The molecule has 0 aromatic heterocycles. The van der Waals surface area contributed by atoms with Crippen LogP contribution < -0.4 is 11.1 Å². The molecule has 3 nitrogen and oxygen atoms in total. The van der Waals surface area contributed by atoms with Gasteiger partial charge in [0.15, 0.2) is 0 Å². The van der Waals surface area contributed by atoms with Crippen LogP contribution in [0.4, 0.5) is 0 Å². The lowest BCUT2D eigenvalue weighted by Crippen LogP contribution is -2.42. The van der Waals surface area contributed by atoms with Crippen molar-refractivity contribution in [2.75, 3.05) is 0 Å². The number of nitrogens with one attached hydrogen (secondary N) is 1. The van der Waals surface area contributed by atoms with E-state index < -0.39 is 0 Å². The lowest BCUT2D eigenvalue weighted by atomic mass is 9.94. The molecule has 3 N–H and O–H groups in total. The van der Waals surface area contributed by atoms with Gasteiger partial charge in [0.25, 0.3) is 0 Å². The number of nitrogens with two attached hydrogens (primary N) is 1. The number of carbonyl (C=O) groups is 1. The van der Waals surface area contributed by atoms with Crippen LogP contribution in [-0.4, -0.2) is 11.9 Å². The van der Waals surface area contributed by atoms with Gasteiger partial charge in [0.2, 0.25) is 5.91 Å². The molecule has 0 saturated heterocycles. The topological polar surface area (TPSA) is 55.1 Å². The van der Waals surface area contributed by atoms with Gasteiger partial charge in [-0.1, -0.05) is 43.0 Å². The Kier molecular flexibility index (Phi) is 5.44. The largest absolute Gasteiger partial charge is 0.349 e. The summed E-state index contributed by atoms with van der Waals surface area (Å²) in [4.78, 5) is 12.4. The van der Waals surface area contributed by atoms with Crippen molar-refractivity contribution in [2.45, 2.75) is 51.1 Å². The first kappa shape index (κ1) is 15.3. The van der Waals surface area contributed by atoms with Crippen molar-refractivity contribution in [1.82, 2.24) is 5.32 Å². The Morgan fingerprint density at radius 1 is 1.25 bits per heavy atom. The van der Waals surface area contributed by atoms with Crippen molar-refractivity contribution in [3.05, 3.63) is 34.9 Å². The van der Waals surface area contributed by atoms with Gasteiger partial charge in [-0.2, -0.15) is 0 Å². The maximum Gasteiger partial charge on any atom is 0.225 e. The quantitative estimate of drug-likeness (QED) is 0.839. The summed E-state index contributed by atoms with van der Waals surface area (Å²) >= 11 is 5.88. The minimum atomic E-state index is -0.0488. The van der Waals surface area contributed by atoms with E-state index in [1.54, 1.807) is 0 Å². The van der Waals surface area contributed by atoms with Crippen LogP contribution in [0.25, 0.3) is 0 Å². The van der Waals surface area contributed by atoms with E-state index in [1.165, 1.54) is 6.42 Å². The van der Waals surface area contributed by atoms with Crippen LogP contribution in [0.15, 0.2) is 24.3 Å². The van der Waals surface area contributed by atoms with Gasteiger partial charge in [0, 0.05) is 11.1 Å². The first-order valence-electron chi connectivity index (χ1n) is 7.39. The second-order valence-electron chi connectivity index (χ2n) is 5.69. The molecule has 1 aliphatic carbocycles. The molecule has 1 saturated carbocycles. The fourth-order valence-electron chi connectivity index (χ4n) is 2.82. The van der Waals surface area contributed by atoms with Gasteiger partial charge in [-0.05, 0) is 37.5 Å². The molecule has 1 fully saturated rings. The number of rotatable bonds is 3. The van der Waals surface area contributed by atoms with Crippen LogP contribution in [0.1, 0.15) is 50.6 Å². The number of carbonyl (C=O) groups excluding carboxylic acids is 1. The fraction of sp³-hybridized carbons (Fsp3) is 0.562. The number of hydrogen-bond acceptors (Lipinski definition) is 2. The normalized spacial score (nSPS) is 24.8. The minimum Gasteiger partial charge on any atom is -0.349 e. The van der Waals surface area contributed by atoms with E-state index >= 15 is 0 Å². The Hall–Kier alpha value is -1.06. The zero-order valence-corrected chi connectivity index (χ0v) is 12.7. The predicted octanol–water partition coefficient (Wildman–Crippen LogP) is 3.42. The maximum atomic E-state index is 12.4. The number of benzene rings is 1. The van der Waals surface area contributed by atoms with Gasteiger partial charge in [0.05, 0.1) is 12.0 Å². The van der Waals surface area contributed by atoms with E-state index in [-0.39, 0.29) is 23.9 Å². The Labute approximate surface area is 125 Å². The van der Waals surface area contributed by atoms with Crippen molar-refractivity contribution >= 4 is 17.5 Å². The van der Waals surface area contributed by atoms with E-state index in [0.717, 1.165) is 31.2 Å². The van der Waals surface area contributed by atoms with E-state index in [0.29, 0.717) is 5.02 Å². The third kappa shape index (κ3) is 3.97. The molecule has 110 valence electrons. The number of amides is 1. The molecule has 2 rings (SSSR count). The first-order valence-corrected chi connectivity index (χ1v) is 7.77. The van der Waals surface area contributed by atoms with Crippen molar-refractivity contribution in [3.63, 3.8) is 0 Å². The second-order valence-corrected chi connectivity index (χ2v) is 6.13. The molecule has 1 aromatic rings. The van der Waals surface area contributed by atoms with Crippen molar-refractivity contribution < 1.29 is 4.79 Å². The summed E-state index contributed by atoms with van der Waals surface area (Å²) in [5.74, 6) is 0.0362. The maximum absolute atomic E-state index is 12.4. The van der Waals surface area contributed by atoms with Crippen molar-refractivity contribution in [2.24, 2.45) is 11.7 Å². The molecule has 1 amide bonds. The highest BCUT2D eigenvalue weighted by molar-refractivity contribution is 6.30. The zero-order chi connectivity index (χ0) is 14.5. The Bertz CT molecular complexity index is 446. The van der Waals surface area contributed by atoms with E-state index in [9.17, 15) is 4.79 Å². The molecular formula is C16H23ClN2O. The van der Waals surface area contributed by atoms with Gasteiger partial charge in [-0.25, -0.2) is 0 Å². The Morgan fingerprint density at radius 3 is 2.60 bits per heavy atom. The molecule has 0 heterocycles. The highest BCUT2D eigenvalue weighted by atomic mass is 35.5. The standard InChI is InChI=1S/C16H23ClN2O/c1-11(12-7-9-13(17)10-8-12)19-16(20)14-5-3-2-4-6-15(14)18/h7-11,14-15H,2-6,18H2,1H3,(H,19,20). The summed E-state index contributed by atoms with van der Waals surface area (Å²) in [5.41, 5.74) is 7.20. The summed E-state index contributed by atoms with van der Waals surface area (Å²) < 4.78 is 0. The molecule has 0 spiro atoms. The van der Waals surface area contributed by atoms with Gasteiger partial charge in [0.1, 0.15) is 0 Å². The highest BCUT2D eigenvalue weighted by Crippen LogP contribution is 2.24. The van der Waals surface area contributed by atoms with Gasteiger partial charge in [-0.15, -0.1) is 0 Å². The third-order valence-corrected chi connectivity index (χ3v) is 4.39. The predicted molar refractivity (Wildman–Crippen MR) is 82.6 cm³/mol. The van der Waals surface area contributed by atoms with Gasteiger partial charge >= 0.3 is 0 Å². The summed E-state index contributed by atoms with van der Waals surface area (Å²) in [7, 11) is 0. The molecule has 1 aromatic carbocycles. The average molecular weight is 295 g/mol. The summed E-state index contributed by atoms with van der Waals surface area (Å²) in [6, 6.07) is 7.55. The van der Waals surface area contributed by atoms with E-state index in [1.807, 2.05) is 31.2 Å². The first-order chi connectivity index (χ1) is 9.58. The average Bonchev–Trinajstić information content (AvgIpc) is 2.64. The molecule has 1 aliphatic rings.